The number of methoxy groups -OCH3 is 1. The molecule has 1 atom stereocenters. The monoisotopic (exact) mass is 395 g/mol. The SMILES string of the molecule is COc1cc2ccc1CCc1ccc(c(C(C)=N[C@H](CO)C(C)(C)C)c1O)CC2. The number of aromatic hydroxyl groups is 1. The van der Waals surface area contributed by atoms with Crippen molar-refractivity contribution >= 4 is 5.71 Å². The van der Waals surface area contributed by atoms with Crippen LogP contribution in [0.25, 0.3) is 0 Å². The molecule has 4 aliphatic rings. The normalized spacial score (nSPS) is 15.7. The second kappa shape index (κ2) is 8.58. The molecule has 6 rings (SSSR count). The molecule has 0 aromatic heterocycles. The van der Waals surface area contributed by atoms with E-state index in [1.807, 2.05) is 13.0 Å². The van der Waals surface area contributed by atoms with E-state index in [2.05, 4.69) is 45.0 Å². The molecule has 0 radical (unpaired) electrons. The van der Waals surface area contributed by atoms with Gasteiger partial charge in [0.25, 0.3) is 0 Å². The minimum absolute atomic E-state index is 0.0117. The standard InChI is InChI=1S/C25H33NO3/c1-16(26-22(15-27)25(2,3)4)23-19-9-7-17-6-8-18(21(14-17)29-5)10-12-20(13-11-19)24(23)28/h6,8,11,13-14,22,27-28H,7,9-10,12,15H2,1-5H3/t22-/m1/s1. The van der Waals surface area contributed by atoms with Crippen LogP contribution in [-0.2, 0) is 25.7 Å². The lowest BCUT2D eigenvalue weighted by atomic mass is 9.87. The van der Waals surface area contributed by atoms with E-state index in [9.17, 15) is 10.2 Å². The van der Waals surface area contributed by atoms with Gasteiger partial charge in [-0.05, 0) is 66.3 Å². The minimum Gasteiger partial charge on any atom is -0.507 e. The van der Waals surface area contributed by atoms with Crippen molar-refractivity contribution in [3.05, 3.63) is 58.1 Å². The molecule has 2 aromatic carbocycles. The summed E-state index contributed by atoms with van der Waals surface area (Å²) in [6.45, 7) is 8.15. The van der Waals surface area contributed by atoms with Crippen LogP contribution in [-0.4, -0.2) is 35.7 Å². The van der Waals surface area contributed by atoms with Crippen LogP contribution in [0.15, 0.2) is 35.3 Å². The first-order valence-electron chi connectivity index (χ1n) is 10.4. The molecular formula is C25H33NO3. The fourth-order valence-corrected chi connectivity index (χ4v) is 4.00. The predicted molar refractivity (Wildman–Crippen MR) is 118 cm³/mol. The summed E-state index contributed by atoms with van der Waals surface area (Å²) in [4.78, 5) is 4.82. The number of aryl methyl sites for hydroxylation is 4. The van der Waals surface area contributed by atoms with Gasteiger partial charge in [0.15, 0.2) is 0 Å². The second-order valence-electron chi connectivity index (χ2n) is 9.03. The predicted octanol–water partition coefficient (Wildman–Crippen LogP) is 4.50. The molecule has 0 saturated carbocycles. The summed E-state index contributed by atoms with van der Waals surface area (Å²) in [6, 6.07) is 10.4. The van der Waals surface area contributed by atoms with E-state index in [-0.39, 0.29) is 18.1 Å². The van der Waals surface area contributed by atoms with E-state index < -0.39 is 0 Å². The van der Waals surface area contributed by atoms with Crippen LogP contribution in [0.5, 0.6) is 11.5 Å². The molecule has 2 N–H and O–H groups in total. The molecular weight excluding hydrogens is 362 g/mol. The smallest absolute Gasteiger partial charge is 0.128 e. The quantitative estimate of drug-likeness (QED) is 0.749. The van der Waals surface area contributed by atoms with Gasteiger partial charge in [0, 0.05) is 11.3 Å². The highest BCUT2D eigenvalue weighted by atomic mass is 16.5. The number of ether oxygens (including phenoxy) is 1. The number of hydrogen-bond acceptors (Lipinski definition) is 4. The Labute approximate surface area is 174 Å². The topological polar surface area (TPSA) is 62.0 Å². The molecule has 0 spiro atoms. The van der Waals surface area contributed by atoms with Crippen molar-refractivity contribution in [1.29, 1.82) is 0 Å². The van der Waals surface area contributed by atoms with E-state index in [1.54, 1.807) is 7.11 Å². The molecule has 0 saturated heterocycles. The van der Waals surface area contributed by atoms with Crippen molar-refractivity contribution in [3.63, 3.8) is 0 Å². The van der Waals surface area contributed by atoms with Gasteiger partial charge in [0.1, 0.15) is 11.5 Å². The summed E-state index contributed by atoms with van der Waals surface area (Å²) in [5.74, 6) is 1.24. The third kappa shape index (κ3) is 4.64. The maximum Gasteiger partial charge on any atom is 0.128 e. The summed E-state index contributed by atoms with van der Waals surface area (Å²) in [5.41, 5.74) is 5.84. The van der Waals surface area contributed by atoms with Crippen LogP contribution in [0.1, 0.15) is 55.5 Å². The fourth-order valence-electron chi connectivity index (χ4n) is 4.00. The van der Waals surface area contributed by atoms with Crippen LogP contribution >= 0.6 is 0 Å². The van der Waals surface area contributed by atoms with Crippen LogP contribution in [0.4, 0.5) is 0 Å². The van der Waals surface area contributed by atoms with Gasteiger partial charge in [-0.3, -0.25) is 4.99 Å². The largest absolute Gasteiger partial charge is 0.507 e. The Morgan fingerprint density at radius 3 is 2.31 bits per heavy atom. The molecule has 0 unspecified atom stereocenters. The molecule has 4 bridgehead atoms. The molecule has 156 valence electrons. The molecule has 0 aliphatic heterocycles. The van der Waals surface area contributed by atoms with Crippen molar-refractivity contribution in [1.82, 2.24) is 0 Å². The lowest BCUT2D eigenvalue weighted by Gasteiger charge is -2.27. The molecule has 4 nitrogen and oxygen atoms in total. The molecule has 29 heavy (non-hydrogen) atoms. The van der Waals surface area contributed by atoms with Gasteiger partial charge < -0.3 is 14.9 Å². The van der Waals surface area contributed by atoms with Gasteiger partial charge in [-0.15, -0.1) is 0 Å². The molecule has 0 amide bonds. The first-order chi connectivity index (χ1) is 13.7. The van der Waals surface area contributed by atoms with Gasteiger partial charge in [-0.25, -0.2) is 0 Å². The summed E-state index contributed by atoms with van der Waals surface area (Å²) < 4.78 is 5.58. The van der Waals surface area contributed by atoms with Crippen molar-refractivity contribution in [3.8, 4) is 11.5 Å². The van der Waals surface area contributed by atoms with E-state index in [0.717, 1.165) is 59.4 Å². The third-order valence-electron chi connectivity index (χ3n) is 5.93. The van der Waals surface area contributed by atoms with Crippen LogP contribution < -0.4 is 4.74 Å². The highest BCUT2D eigenvalue weighted by Gasteiger charge is 2.25. The van der Waals surface area contributed by atoms with Crippen molar-refractivity contribution < 1.29 is 14.9 Å². The number of phenolic OH excluding ortho intramolecular Hbond substituents is 1. The van der Waals surface area contributed by atoms with Crippen molar-refractivity contribution in [2.75, 3.05) is 13.7 Å². The summed E-state index contributed by atoms with van der Waals surface area (Å²) in [7, 11) is 1.71. The first kappa shape index (κ1) is 21.4. The summed E-state index contributed by atoms with van der Waals surface area (Å²) >= 11 is 0. The number of rotatable bonds is 4. The summed E-state index contributed by atoms with van der Waals surface area (Å²) in [5, 5.41) is 21.0. The van der Waals surface area contributed by atoms with E-state index >= 15 is 0 Å². The van der Waals surface area contributed by atoms with E-state index in [0.29, 0.717) is 5.75 Å². The van der Waals surface area contributed by atoms with Crippen molar-refractivity contribution in [2.45, 2.75) is 59.4 Å². The fraction of sp³-hybridized carbons (Fsp3) is 0.480. The van der Waals surface area contributed by atoms with E-state index in [4.69, 9.17) is 9.73 Å². The van der Waals surface area contributed by atoms with Crippen LogP contribution in [0.3, 0.4) is 0 Å². The third-order valence-corrected chi connectivity index (χ3v) is 5.93. The number of hydrogen-bond donors (Lipinski definition) is 2. The second-order valence-corrected chi connectivity index (χ2v) is 9.03. The van der Waals surface area contributed by atoms with Gasteiger partial charge >= 0.3 is 0 Å². The van der Waals surface area contributed by atoms with Crippen LogP contribution in [0.2, 0.25) is 0 Å². The van der Waals surface area contributed by atoms with E-state index in [1.165, 1.54) is 5.56 Å². The Bertz CT molecular complexity index is 909. The molecule has 0 fully saturated rings. The Balaban J connectivity index is 2.06. The first-order valence-corrected chi connectivity index (χ1v) is 10.4. The lowest BCUT2D eigenvalue weighted by molar-refractivity contribution is 0.190. The maximum atomic E-state index is 11.1. The Hall–Kier alpha value is -2.33. The highest BCUT2D eigenvalue weighted by Crippen LogP contribution is 2.33. The average Bonchev–Trinajstić information content (AvgIpc) is 2.67. The number of aliphatic hydroxyl groups excluding tert-OH is 1. The minimum atomic E-state index is -0.214. The van der Waals surface area contributed by atoms with Crippen LogP contribution in [0, 0.1) is 5.41 Å². The number of phenols is 1. The Morgan fingerprint density at radius 1 is 1.03 bits per heavy atom. The average molecular weight is 396 g/mol. The molecule has 0 heterocycles. The number of aliphatic imine (C=N–C) groups is 1. The molecule has 4 aliphatic carbocycles. The Morgan fingerprint density at radius 2 is 1.66 bits per heavy atom. The lowest BCUT2D eigenvalue weighted by Crippen LogP contribution is -2.29. The Kier molecular flexibility index (Phi) is 6.33. The number of aliphatic hydroxyl groups is 1. The zero-order valence-corrected chi connectivity index (χ0v) is 18.2. The van der Waals surface area contributed by atoms with Gasteiger partial charge in [0.05, 0.1) is 19.8 Å². The zero-order chi connectivity index (χ0) is 21.2. The summed E-state index contributed by atoms with van der Waals surface area (Å²) in [6.07, 6.45) is 3.19. The van der Waals surface area contributed by atoms with Crippen molar-refractivity contribution in [2.24, 2.45) is 10.4 Å². The zero-order valence-electron chi connectivity index (χ0n) is 18.2. The number of nitrogens with zero attached hydrogens (tertiary/aromatic N) is 1. The molecule has 4 heteroatoms. The van der Waals surface area contributed by atoms with Gasteiger partial charge in [-0.2, -0.15) is 0 Å². The molecule has 2 aromatic rings. The number of benzene rings is 2. The van der Waals surface area contributed by atoms with Gasteiger partial charge in [-0.1, -0.05) is 45.0 Å². The van der Waals surface area contributed by atoms with Gasteiger partial charge in [0.2, 0.25) is 0 Å². The highest BCUT2D eigenvalue weighted by molar-refractivity contribution is 6.03. The maximum absolute atomic E-state index is 11.1.